The molecule has 0 bridgehead atoms. The van der Waals surface area contributed by atoms with Crippen molar-refractivity contribution in [2.24, 2.45) is 0 Å². The monoisotopic (exact) mass is 486 g/mol. The Morgan fingerprint density at radius 2 is 2.18 bits per heavy atom. The number of nitrogens with zero attached hydrogens (tertiary/aromatic N) is 2. The van der Waals surface area contributed by atoms with Crippen molar-refractivity contribution in [2.75, 3.05) is 39.4 Å². The average molecular weight is 487 g/mol. The summed E-state index contributed by atoms with van der Waals surface area (Å²) in [6.07, 6.45) is 1.93. The van der Waals surface area contributed by atoms with Crippen molar-refractivity contribution in [3.63, 3.8) is 0 Å². The molecular weight excluding hydrogens is 448 g/mol. The van der Waals surface area contributed by atoms with Gasteiger partial charge in [0.25, 0.3) is 0 Å². The van der Waals surface area contributed by atoms with E-state index in [9.17, 15) is 9.90 Å². The molecule has 2 atom stereocenters. The number of rotatable bonds is 11. The highest BCUT2D eigenvalue weighted by molar-refractivity contribution is 7.10. The lowest BCUT2D eigenvalue weighted by molar-refractivity contribution is -0.136. The maximum absolute atomic E-state index is 13.5. The van der Waals surface area contributed by atoms with E-state index in [4.69, 9.17) is 9.47 Å². The molecule has 0 saturated carbocycles. The van der Waals surface area contributed by atoms with E-state index in [0.717, 1.165) is 17.7 Å². The van der Waals surface area contributed by atoms with Crippen LogP contribution in [-0.2, 0) is 16.0 Å². The number of hydrogen-bond acceptors (Lipinski definition) is 6. The predicted octanol–water partition coefficient (Wildman–Crippen LogP) is 4.23. The first-order valence-corrected chi connectivity index (χ1v) is 12.7. The standard InChI is InChI=1S/C27H38N2O4S/c1-6-12-28(16-21(30)18-33-27(3,4)5)17-26(31)29-13-10-25-23(11-14-34-25)24(29)19-32-22-9-7-8-20(2)15-22/h6-9,11,14-15,21,24,30H,1,10,12-13,16-19H2,2-5H3/t21-,24-/m1/s1. The van der Waals surface area contributed by atoms with Crippen LogP contribution in [0.1, 0.15) is 42.8 Å². The zero-order chi connectivity index (χ0) is 24.7. The molecule has 0 spiro atoms. The van der Waals surface area contributed by atoms with Crippen molar-refractivity contribution in [3.05, 3.63) is 64.4 Å². The highest BCUT2D eigenvalue weighted by Gasteiger charge is 2.33. The lowest BCUT2D eigenvalue weighted by atomic mass is 10.0. The molecule has 2 aromatic rings. The Morgan fingerprint density at radius 1 is 1.38 bits per heavy atom. The Hall–Kier alpha value is -2.19. The minimum Gasteiger partial charge on any atom is -0.491 e. The predicted molar refractivity (Wildman–Crippen MR) is 137 cm³/mol. The van der Waals surface area contributed by atoms with Crippen molar-refractivity contribution < 1.29 is 19.4 Å². The fourth-order valence-electron chi connectivity index (χ4n) is 4.12. The first-order chi connectivity index (χ1) is 16.2. The molecule has 3 rings (SSSR count). The quantitative estimate of drug-likeness (QED) is 0.482. The summed E-state index contributed by atoms with van der Waals surface area (Å²) in [6, 6.07) is 9.95. The molecule has 1 amide bonds. The SMILES string of the molecule is C=CCN(CC(=O)N1CCc2sccc2[C@H]1COc1cccc(C)c1)C[C@@H](O)COC(C)(C)C. The van der Waals surface area contributed by atoms with Gasteiger partial charge in [0.05, 0.1) is 30.9 Å². The normalized spacial score (nSPS) is 16.9. The number of fused-ring (bicyclic) bond motifs is 1. The lowest BCUT2D eigenvalue weighted by Crippen LogP contribution is -2.48. The van der Waals surface area contributed by atoms with Gasteiger partial charge in [-0.05, 0) is 68.8 Å². The van der Waals surface area contributed by atoms with Crippen LogP contribution >= 0.6 is 11.3 Å². The van der Waals surface area contributed by atoms with Crippen LogP contribution in [0.2, 0.25) is 0 Å². The van der Waals surface area contributed by atoms with Crippen LogP contribution < -0.4 is 4.74 Å². The number of carbonyl (C=O) groups excluding carboxylic acids is 1. The first-order valence-electron chi connectivity index (χ1n) is 11.9. The molecule has 34 heavy (non-hydrogen) atoms. The van der Waals surface area contributed by atoms with E-state index in [1.54, 1.807) is 17.4 Å². The first kappa shape index (κ1) is 26.4. The third-order valence-electron chi connectivity index (χ3n) is 5.74. The average Bonchev–Trinajstić information content (AvgIpc) is 3.25. The molecule has 7 heteroatoms. The lowest BCUT2D eigenvalue weighted by Gasteiger charge is -2.37. The molecule has 1 aliphatic rings. The summed E-state index contributed by atoms with van der Waals surface area (Å²) in [4.78, 5) is 18.6. The summed E-state index contributed by atoms with van der Waals surface area (Å²) in [5.74, 6) is 0.838. The van der Waals surface area contributed by atoms with Gasteiger partial charge in [0.15, 0.2) is 0 Å². The Kier molecular flexibility index (Phi) is 9.31. The number of aliphatic hydroxyl groups excluding tert-OH is 1. The summed E-state index contributed by atoms with van der Waals surface area (Å²) in [6.45, 7) is 14.1. The molecule has 186 valence electrons. The molecule has 2 heterocycles. The highest BCUT2D eigenvalue weighted by Crippen LogP contribution is 2.34. The summed E-state index contributed by atoms with van der Waals surface area (Å²) < 4.78 is 11.8. The third kappa shape index (κ3) is 7.67. The minimum absolute atomic E-state index is 0.0282. The Labute approximate surface area is 207 Å². The Morgan fingerprint density at radius 3 is 2.88 bits per heavy atom. The maximum atomic E-state index is 13.5. The molecule has 1 aromatic carbocycles. The second-order valence-corrected chi connectivity index (χ2v) is 10.8. The molecule has 0 radical (unpaired) electrons. The van der Waals surface area contributed by atoms with Gasteiger partial charge in [-0.3, -0.25) is 9.69 Å². The van der Waals surface area contributed by atoms with E-state index in [1.165, 1.54) is 10.4 Å². The number of thiophene rings is 1. The summed E-state index contributed by atoms with van der Waals surface area (Å²) in [5.41, 5.74) is 1.99. The van der Waals surface area contributed by atoms with E-state index in [-0.39, 0.29) is 30.7 Å². The maximum Gasteiger partial charge on any atom is 0.237 e. The van der Waals surface area contributed by atoms with Gasteiger partial charge in [-0.2, -0.15) is 0 Å². The van der Waals surface area contributed by atoms with Gasteiger partial charge in [0.2, 0.25) is 5.91 Å². The van der Waals surface area contributed by atoms with E-state index < -0.39 is 6.10 Å². The van der Waals surface area contributed by atoms with Crippen LogP contribution in [0.15, 0.2) is 48.4 Å². The molecule has 0 fully saturated rings. The number of ether oxygens (including phenoxy) is 2. The van der Waals surface area contributed by atoms with Gasteiger partial charge in [0, 0.05) is 24.5 Å². The van der Waals surface area contributed by atoms with Gasteiger partial charge in [-0.25, -0.2) is 0 Å². The summed E-state index contributed by atoms with van der Waals surface area (Å²) in [7, 11) is 0. The number of aliphatic hydroxyl groups is 1. The topological polar surface area (TPSA) is 62.2 Å². The van der Waals surface area contributed by atoms with Crippen molar-refractivity contribution in [1.82, 2.24) is 9.80 Å². The van der Waals surface area contributed by atoms with Gasteiger partial charge in [-0.1, -0.05) is 18.2 Å². The smallest absolute Gasteiger partial charge is 0.237 e. The number of carbonyl (C=O) groups is 1. The van der Waals surface area contributed by atoms with Gasteiger partial charge < -0.3 is 19.5 Å². The molecule has 0 unspecified atom stereocenters. The largest absolute Gasteiger partial charge is 0.491 e. The van der Waals surface area contributed by atoms with Crippen molar-refractivity contribution in [2.45, 2.75) is 51.9 Å². The fourth-order valence-corrected chi connectivity index (χ4v) is 5.05. The number of hydrogen-bond donors (Lipinski definition) is 1. The van der Waals surface area contributed by atoms with Crippen LogP contribution in [0.4, 0.5) is 0 Å². The fraction of sp³-hybridized carbons (Fsp3) is 0.519. The second-order valence-electron chi connectivity index (χ2n) is 9.84. The van der Waals surface area contributed by atoms with Crippen molar-refractivity contribution in [1.29, 1.82) is 0 Å². The Balaban J connectivity index is 1.67. The van der Waals surface area contributed by atoms with Crippen LogP contribution in [-0.4, -0.2) is 71.9 Å². The molecule has 0 aliphatic carbocycles. The van der Waals surface area contributed by atoms with Crippen molar-refractivity contribution >= 4 is 17.2 Å². The molecule has 0 saturated heterocycles. The summed E-state index contributed by atoms with van der Waals surface area (Å²) >= 11 is 1.74. The van der Waals surface area contributed by atoms with E-state index >= 15 is 0 Å². The number of aryl methyl sites for hydroxylation is 1. The van der Waals surface area contributed by atoms with Gasteiger partial charge in [0.1, 0.15) is 12.4 Å². The number of benzene rings is 1. The van der Waals surface area contributed by atoms with Crippen LogP contribution in [0, 0.1) is 6.92 Å². The van der Waals surface area contributed by atoms with Crippen LogP contribution in [0.5, 0.6) is 5.75 Å². The van der Waals surface area contributed by atoms with Crippen LogP contribution in [0.3, 0.4) is 0 Å². The molecular formula is C27H38N2O4S. The van der Waals surface area contributed by atoms with Gasteiger partial charge >= 0.3 is 0 Å². The summed E-state index contributed by atoms with van der Waals surface area (Å²) in [5, 5.41) is 12.6. The van der Waals surface area contributed by atoms with Crippen molar-refractivity contribution in [3.8, 4) is 5.75 Å². The zero-order valence-electron chi connectivity index (χ0n) is 20.8. The number of amides is 1. The highest BCUT2D eigenvalue weighted by atomic mass is 32.1. The zero-order valence-corrected chi connectivity index (χ0v) is 21.6. The van der Waals surface area contributed by atoms with Crippen LogP contribution in [0.25, 0.3) is 0 Å². The molecule has 1 aromatic heterocycles. The van der Waals surface area contributed by atoms with E-state index in [0.29, 0.717) is 26.2 Å². The Bertz CT molecular complexity index is 952. The molecule has 1 N–H and O–H groups in total. The van der Waals surface area contributed by atoms with Gasteiger partial charge in [-0.15, -0.1) is 17.9 Å². The van der Waals surface area contributed by atoms with E-state index in [1.807, 2.05) is 61.8 Å². The van der Waals surface area contributed by atoms with E-state index in [2.05, 4.69) is 18.0 Å². The minimum atomic E-state index is -0.683. The second kappa shape index (κ2) is 12.0. The third-order valence-corrected chi connectivity index (χ3v) is 6.73. The molecule has 6 nitrogen and oxygen atoms in total. The molecule has 1 aliphatic heterocycles.